The van der Waals surface area contributed by atoms with Gasteiger partial charge in [-0.3, -0.25) is 9.59 Å². The summed E-state index contributed by atoms with van der Waals surface area (Å²) in [5, 5.41) is 5.24. The lowest BCUT2D eigenvalue weighted by Crippen LogP contribution is -2.55. The van der Waals surface area contributed by atoms with Crippen LogP contribution in [0.25, 0.3) is 0 Å². The van der Waals surface area contributed by atoms with Crippen LogP contribution < -0.4 is 16.4 Å². The Morgan fingerprint density at radius 3 is 2.35 bits per heavy atom. The molecule has 5 nitrogen and oxygen atoms in total. The second-order valence-corrected chi connectivity index (χ2v) is 4.40. The van der Waals surface area contributed by atoms with Gasteiger partial charge in [-0.2, -0.15) is 0 Å². The number of hydrogen-bond donors (Lipinski definition) is 3. The van der Waals surface area contributed by atoms with Crippen LogP contribution in [0.5, 0.6) is 0 Å². The van der Waals surface area contributed by atoms with Crippen LogP contribution >= 0.6 is 12.4 Å². The molecule has 0 bridgehead atoms. The van der Waals surface area contributed by atoms with E-state index in [9.17, 15) is 9.59 Å². The van der Waals surface area contributed by atoms with Gasteiger partial charge in [-0.25, -0.2) is 0 Å². The van der Waals surface area contributed by atoms with Crippen molar-refractivity contribution in [3.05, 3.63) is 0 Å². The fourth-order valence-electron chi connectivity index (χ4n) is 2.00. The van der Waals surface area contributed by atoms with E-state index < -0.39 is 5.54 Å². The highest BCUT2D eigenvalue weighted by molar-refractivity contribution is 5.86. The van der Waals surface area contributed by atoms with E-state index in [2.05, 4.69) is 10.6 Å². The zero-order chi connectivity index (χ0) is 12.0. The molecule has 6 heteroatoms. The summed E-state index contributed by atoms with van der Waals surface area (Å²) in [5.41, 5.74) is 5.33. The average Bonchev–Trinajstić information content (AvgIpc) is 2.29. The van der Waals surface area contributed by atoms with Gasteiger partial charge in [-0.15, -0.1) is 12.4 Å². The van der Waals surface area contributed by atoms with E-state index in [0.29, 0.717) is 13.0 Å². The van der Waals surface area contributed by atoms with Crippen molar-refractivity contribution in [2.75, 3.05) is 13.6 Å². The molecule has 1 saturated carbocycles. The number of hydrogen-bond acceptors (Lipinski definition) is 3. The maximum Gasteiger partial charge on any atom is 0.240 e. The normalized spacial score (nSPS) is 17.8. The molecule has 1 aliphatic carbocycles. The van der Waals surface area contributed by atoms with Gasteiger partial charge >= 0.3 is 0 Å². The Labute approximate surface area is 108 Å². The van der Waals surface area contributed by atoms with Crippen molar-refractivity contribution in [3.63, 3.8) is 0 Å². The average molecular weight is 264 g/mol. The molecular weight excluding hydrogens is 242 g/mol. The Morgan fingerprint density at radius 2 is 1.82 bits per heavy atom. The molecule has 1 fully saturated rings. The van der Waals surface area contributed by atoms with Crippen molar-refractivity contribution in [1.82, 2.24) is 10.6 Å². The molecule has 17 heavy (non-hydrogen) atoms. The van der Waals surface area contributed by atoms with Gasteiger partial charge in [-0.05, 0) is 12.8 Å². The molecule has 0 spiro atoms. The van der Waals surface area contributed by atoms with E-state index in [1.807, 2.05) is 0 Å². The Bertz CT molecular complexity index is 265. The molecule has 1 aliphatic rings. The topological polar surface area (TPSA) is 84.2 Å². The van der Waals surface area contributed by atoms with Gasteiger partial charge in [-0.1, -0.05) is 19.3 Å². The third kappa shape index (κ3) is 4.91. The zero-order valence-corrected chi connectivity index (χ0v) is 11.1. The Hall–Kier alpha value is -0.810. The van der Waals surface area contributed by atoms with E-state index in [-0.39, 0.29) is 24.2 Å². The quantitative estimate of drug-likeness (QED) is 0.683. The summed E-state index contributed by atoms with van der Waals surface area (Å²) in [4.78, 5) is 22.8. The molecule has 0 heterocycles. The number of halogens is 1. The van der Waals surface area contributed by atoms with E-state index in [1.54, 1.807) is 7.05 Å². The number of rotatable bonds is 4. The summed E-state index contributed by atoms with van der Waals surface area (Å²) >= 11 is 0. The van der Waals surface area contributed by atoms with E-state index in [4.69, 9.17) is 5.73 Å². The lowest BCUT2D eigenvalue weighted by molar-refractivity contribution is -0.127. The van der Waals surface area contributed by atoms with Crippen LogP contribution in [0.15, 0.2) is 0 Å². The van der Waals surface area contributed by atoms with E-state index in [0.717, 1.165) is 32.1 Å². The monoisotopic (exact) mass is 263 g/mol. The van der Waals surface area contributed by atoms with Gasteiger partial charge in [0.1, 0.15) is 0 Å². The molecular formula is C11H22ClN3O2. The molecule has 0 aliphatic heterocycles. The molecule has 1 rings (SSSR count). The molecule has 0 unspecified atom stereocenters. The fraction of sp³-hybridized carbons (Fsp3) is 0.818. The standard InChI is InChI=1S/C11H21N3O2.ClH/c1-13-9(15)5-8-14-10(16)11(12)6-3-2-4-7-11;/h2-8,12H2,1H3,(H,13,15)(H,14,16);1H. The van der Waals surface area contributed by atoms with Crippen LogP contribution in [0.4, 0.5) is 0 Å². The molecule has 0 aromatic carbocycles. The second-order valence-electron chi connectivity index (χ2n) is 4.40. The van der Waals surface area contributed by atoms with Crippen LogP contribution in [-0.2, 0) is 9.59 Å². The van der Waals surface area contributed by atoms with Gasteiger partial charge < -0.3 is 16.4 Å². The first-order chi connectivity index (χ1) is 7.58. The summed E-state index contributed by atoms with van der Waals surface area (Å²) < 4.78 is 0. The van der Waals surface area contributed by atoms with E-state index in [1.165, 1.54) is 0 Å². The minimum Gasteiger partial charge on any atom is -0.359 e. The van der Waals surface area contributed by atoms with Gasteiger partial charge in [0.25, 0.3) is 0 Å². The summed E-state index contributed by atoms with van der Waals surface area (Å²) in [5.74, 6) is -0.189. The van der Waals surface area contributed by atoms with Gasteiger partial charge in [0, 0.05) is 20.0 Å². The van der Waals surface area contributed by atoms with Gasteiger partial charge in [0.2, 0.25) is 11.8 Å². The van der Waals surface area contributed by atoms with Crippen LogP contribution in [0.2, 0.25) is 0 Å². The number of carbonyl (C=O) groups is 2. The van der Waals surface area contributed by atoms with Crippen LogP contribution in [0.1, 0.15) is 38.5 Å². The molecule has 2 amide bonds. The molecule has 0 radical (unpaired) electrons. The van der Waals surface area contributed by atoms with Crippen molar-refractivity contribution in [1.29, 1.82) is 0 Å². The maximum atomic E-state index is 11.8. The Morgan fingerprint density at radius 1 is 1.24 bits per heavy atom. The van der Waals surface area contributed by atoms with Gasteiger partial charge in [0.05, 0.1) is 5.54 Å². The SMILES string of the molecule is CNC(=O)CCNC(=O)C1(N)CCCCC1.Cl. The third-order valence-electron chi connectivity index (χ3n) is 3.11. The highest BCUT2D eigenvalue weighted by Gasteiger charge is 2.34. The van der Waals surface area contributed by atoms with Crippen LogP contribution in [0.3, 0.4) is 0 Å². The molecule has 0 aromatic heterocycles. The summed E-state index contributed by atoms with van der Waals surface area (Å²) in [6.45, 7) is 0.359. The zero-order valence-electron chi connectivity index (χ0n) is 10.3. The Kier molecular flexibility index (Phi) is 7.15. The van der Waals surface area contributed by atoms with Crippen LogP contribution in [0, 0.1) is 0 Å². The highest BCUT2D eigenvalue weighted by atomic mass is 35.5. The molecule has 0 saturated heterocycles. The largest absolute Gasteiger partial charge is 0.359 e. The predicted octanol–water partition coefficient (Wildman–Crippen LogP) is 0.322. The Balaban J connectivity index is 0.00000256. The lowest BCUT2D eigenvalue weighted by atomic mass is 9.82. The summed E-state index contributed by atoms with van der Waals surface area (Å²) in [7, 11) is 1.58. The number of nitrogens with one attached hydrogen (secondary N) is 2. The molecule has 4 N–H and O–H groups in total. The van der Waals surface area contributed by atoms with E-state index >= 15 is 0 Å². The van der Waals surface area contributed by atoms with Crippen LogP contribution in [-0.4, -0.2) is 30.9 Å². The molecule has 0 atom stereocenters. The number of carbonyl (C=O) groups excluding carboxylic acids is 2. The minimum atomic E-state index is -0.707. The second kappa shape index (κ2) is 7.50. The fourth-order valence-corrected chi connectivity index (χ4v) is 2.00. The van der Waals surface area contributed by atoms with Crippen molar-refractivity contribution in [2.45, 2.75) is 44.1 Å². The maximum absolute atomic E-state index is 11.8. The van der Waals surface area contributed by atoms with Crippen molar-refractivity contribution in [3.8, 4) is 0 Å². The van der Waals surface area contributed by atoms with Gasteiger partial charge in [0.15, 0.2) is 0 Å². The third-order valence-corrected chi connectivity index (χ3v) is 3.11. The predicted molar refractivity (Wildman–Crippen MR) is 68.9 cm³/mol. The van der Waals surface area contributed by atoms with Crippen molar-refractivity contribution >= 4 is 24.2 Å². The first kappa shape index (κ1) is 16.2. The first-order valence-corrected chi connectivity index (χ1v) is 5.86. The smallest absolute Gasteiger partial charge is 0.240 e. The molecule has 0 aromatic rings. The first-order valence-electron chi connectivity index (χ1n) is 5.86. The number of nitrogens with two attached hydrogens (primary N) is 1. The highest BCUT2D eigenvalue weighted by Crippen LogP contribution is 2.25. The summed E-state index contributed by atoms with van der Waals surface area (Å²) in [6.07, 6.45) is 4.99. The van der Waals surface area contributed by atoms with Crippen molar-refractivity contribution in [2.24, 2.45) is 5.73 Å². The van der Waals surface area contributed by atoms with Crippen molar-refractivity contribution < 1.29 is 9.59 Å². The summed E-state index contributed by atoms with van der Waals surface area (Å²) in [6, 6.07) is 0. The molecule has 100 valence electrons. The lowest BCUT2D eigenvalue weighted by Gasteiger charge is -2.31. The number of amides is 2. The minimum absolute atomic E-state index is 0.